The quantitative estimate of drug-likeness (QED) is 0.199. The van der Waals surface area contributed by atoms with Crippen molar-refractivity contribution < 1.29 is 0 Å². The number of hydrogen-bond donors (Lipinski definition) is 0. The molecule has 5 heteroatoms. The highest BCUT2D eigenvalue weighted by atomic mass is 32.1. The Kier molecular flexibility index (Phi) is 5.18. The molecule has 0 saturated carbocycles. The summed E-state index contributed by atoms with van der Waals surface area (Å²) in [5.74, 6) is 2.04. The highest BCUT2D eigenvalue weighted by Gasteiger charge is 2.47. The second kappa shape index (κ2) is 9.13. The number of thiophene rings is 1. The van der Waals surface area contributed by atoms with Gasteiger partial charge in [-0.3, -0.25) is 0 Å². The summed E-state index contributed by atoms with van der Waals surface area (Å²) in [6, 6.07) is 47.0. The van der Waals surface area contributed by atoms with Crippen LogP contribution in [0.4, 0.5) is 17.3 Å². The van der Waals surface area contributed by atoms with Crippen molar-refractivity contribution in [2.24, 2.45) is 0 Å². The van der Waals surface area contributed by atoms with Gasteiger partial charge in [-0.25, -0.2) is 4.98 Å². The summed E-state index contributed by atoms with van der Waals surface area (Å²) in [4.78, 5) is 15.5. The SMILES string of the molecule is C[N+]1(c2nc(-c3ccccc3)nc(-c3ccccc3)n2)c2ccccc2-c2ccc3sc4cc5ccccc5cc4c3c21. The summed E-state index contributed by atoms with van der Waals surface area (Å²) in [5.41, 5.74) is 6.74. The van der Waals surface area contributed by atoms with E-state index in [-0.39, 0.29) is 0 Å². The molecule has 1 aliphatic rings. The number of benzene rings is 6. The fourth-order valence-electron chi connectivity index (χ4n) is 6.63. The van der Waals surface area contributed by atoms with Crippen LogP contribution in [0.3, 0.4) is 0 Å². The van der Waals surface area contributed by atoms with Crippen LogP contribution >= 0.6 is 11.3 Å². The summed E-state index contributed by atoms with van der Waals surface area (Å²) in [5, 5.41) is 5.05. The van der Waals surface area contributed by atoms with Crippen molar-refractivity contribution in [3.63, 3.8) is 0 Å². The molecule has 4 nitrogen and oxygen atoms in total. The van der Waals surface area contributed by atoms with Gasteiger partial charge in [-0.2, -0.15) is 14.5 Å². The molecule has 9 rings (SSSR count). The maximum Gasteiger partial charge on any atom is 0.343 e. The van der Waals surface area contributed by atoms with Gasteiger partial charge in [0.1, 0.15) is 0 Å². The van der Waals surface area contributed by atoms with E-state index in [1.54, 1.807) is 0 Å². The zero-order valence-electron chi connectivity index (χ0n) is 23.4. The van der Waals surface area contributed by atoms with Crippen LogP contribution < -0.4 is 4.48 Å². The van der Waals surface area contributed by atoms with Crippen LogP contribution in [0.2, 0.25) is 0 Å². The molecule has 1 aliphatic heterocycles. The number of hydrogen-bond acceptors (Lipinski definition) is 4. The summed E-state index contributed by atoms with van der Waals surface area (Å²) in [6.07, 6.45) is 0. The van der Waals surface area contributed by atoms with Crippen LogP contribution in [0.5, 0.6) is 0 Å². The van der Waals surface area contributed by atoms with E-state index >= 15 is 0 Å². The van der Waals surface area contributed by atoms with Crippen molar-refractivity contribution in [3.05, 3.63) is 133 Å². The number of rotatable bonds is 3. The van der Waals surface area contributed by atoms with Gasteiger partial charge in [0.2, 0.25) is 0 Å². The van der Waals surface area contributed by atoms with E-state index in [1.165, 1.54) is 47.8 Å². The van der Waals surface area contributed by atoms with Gasteiger partial charge < -0.3 is 0 Å². The Morgan fingerprint density at radius 3 is 1.84 bits per heavy atom. The van der Waals surface area contributed by atoms with Crippen LogP contribution in [0, 0.1) is 0 Å². The number of para-hydroxylation sites is 1. The molecule has 202 valence electrons. The average Bonchev–Trinajstić information content (AvgIpc) is 3.56. The van der Waals surface area contributed by atoms with Gasteiger partial charge in [0.05, 0.1) is 18.0 Å². The molecule has 0 fully saturated rings. The Morgan fingerprint density at radius 2 is 1.14 bits per heavy atom. The monoisotopic (exact) mass is 569 g/mol. The molecule has 1 unspecified atom stereocenters. The van der Waals surface area contributed by atoms with E-state index < -0.39 is 0 Å². The molecule has 0 bridgehead atoms. The van der Waals surface area contributed by atoms with Crippen molar-refractivity contribution in [2.45, 2.75) is 0 Å². The molecule has 0 N–H and O–H groups in total. The lowest BCUT2D eigenvalue weighted by Gasteiger charge is -2.28. The molecule has 0 radical (unpaired) electrons. The van der Waals surface area contributed by atoms with E-state index in [0.717, 1.165) is 16.8 Å². The molecule has 0 saturated heterocycles. The minimum atomic E-state index is 0.351. The smallest absolute Gasteiger partial charge is 0.208 e. The molecule has 0 spiro atoms. The van der Waals surface area contributed by atoms with Gasteiger partial charge in [-0.05, 0) is 41.1 Å². The van der Waals surface area contributed by atoms with Gasteiger partial charge in [0.25, 0.3) is 0 Å². The second-order valence-electron chi connectivity index (χ2n) is 11.2. The van der Waals surface area contributed by atoms with Gasteiger partial charge in [0, 0.05) is 37.5 Å². The van der Waals surface area contributed by atoms with Crippen LogP contribution in [0.1, 0.15) is 0 Å². The Labute approximate surface area is 252 Å². The topological polar surface area (TPSA) is 38.7 Å². The molecule has 43 heavy (non-hydrogen) atoms. The third-order valence-corrected chi connectivity index (χ3v) is 9.81. The predicted molar refractivity (Wildman–Crippen MR) is 180 cm³/mol. The number of nitrogens with zero attached hydrogens (tertiary/aromatic N) is 4. The van der Waals surface area contributed by atoms with Gasteiger partial charge in [-0.15, -0.1) is 11.3 Å². The number of quaternary nitrogens is 1. The average molecular weight is 570 g/mol. The van der Waals surface area contributed by atoms with E-state index in [4.69, 9.17) is 15.0 Å². The minimum Gasteiger partial charge on any atom is -0.208 e. The highest BCUT2D eigenvalue weighted by molar-refractivity contribution is 7.26. The molecule has 3 heterocycles. The second-order valence-corrected chi connectivity index (χ2v) is 12.3. The predicted octanol–water partition coefficient (Wildman–Crippen LogP) is 10.3. The van der Waals surface area contributed by atoms with E-state index in [1.807, 2.05) is 47.7 Å². The Morgan fingerprint density at radius 1 is 0.535 bits per heavy atom. The first-order chi connectivity index (χ1) is 21.2. The van der Waals surface area contributed by atoms with Crippen molar-refractivity contribution >= 4 is 59.6 Å². The van der Waals surface area contributed by atoms with Crippen molar-refractivity contribution in [2.75, 3.05) is 7.05 Å². The molecule has 1 atom stereocenters. The van der Waals surface area contributed by atoms with E-state index in [9.17, 15) is 0 Å². The van der Waals surface area contributed by atoms with Crippen molar-refractivity contribution in [1.29, 1.82) is 0 Å². The molecular weight excluding hydrogens is 545 g/mol. The van der Waals surface area contributed by atoms with E-state index in [0.29, 0.717) is 22.1 Å². The molecule has 0 amide bonds. The normalized spacial score (nSPS) is 15.7. The zero-order chi connectivity index (χ0) is 28.5. The molecule has 2 aromatic heterocycles. The molecule has 6 aromatic carbocycles. The lowest BCUT2D eigenvalue weighted by atomic mass is 10.0. The van der Waals surface area contributed by atoms with E-state index in [2.05, 4.69) is 104 Å². The first-order valence-electron chi connectivity index (χ1n) is 14.4. The van der Waals surface area contributed by atoms with Gasteiger partial charge >= 0.3 is 5.95 Å². The fraction of sp³-hybridized carbons (Fsp3) is 0.0263. The standard InChI is InChI=1S/C38H25N4S/c1-42(38-40-36(24-12-4-2-5-13-24)39-37(41-38)25-14-6-3-7-15-25)31-19-11-10-18-28(31)29-20-21-32-34(35(29)42)30-22-26-16-8-9-17-27(26)23-33(30)43-32/h2-23H,1H3/q+1. The summed E-state index contributed by atoms with van der Waals surface area (Å²) < 4.78 is 2.90. The largest absolute Gasteiger partial charge is 0.343 e. The fourth-order valence-corrected chi connectivity index (χ4v) is 7.77. The summed E-state index contributed by atoms with van der Waals surface area (Å²) >= 11 is 1.85. The third kappa shape index (κ3) is 3.56. The van der Waals surface area contributed by atoms with Crippen LogP contribution in [-0.2, 0) is 0 Å². The van der Waals surface area contributed by atoms with Gasteiger partial charge in [-0.1, -0.05) is 97.1 Å². The zero-order valence-corrected chi connectivity index (χ0v) is 24.2. The Hall–Kier alpha value is -5.23. The number of fused-ring (bicyclic) bond motifs is 8. The van der Waals surface area contributed by atoms with Crippen molar-refractivity contribution in [1.82, 2.24) is 19.4 Å². The maximum atomic E-state index is 5.26. The van der Waals surface area contributed by atoms with Gasteiger partial charge in [0.15, 0.2) is 23.0 Å². The Balaban J connectivity index is 1.40. The van der Waals surface area contributed by atoms with Crippen LogP contribution in [-0.4, -0.2) is 22.0 Å². The minimum absolute atomic E-state index is 0.351. The maximum absolute atomic E-state index is 5.26. The lowest BCUT2D eigenvalue weighted by Crippen LogP contribution is -2.34. The molecule has 0 aliphatic carbocycles. The summed E-state index contributed by atoms with van der Waals surface area (Å²) in [6.45, 7) is 0. The third-order valence-electron chi connectivity index (χ3n) is 8.69. The first-order valence-corrected chi connectivity index (χ1v) is 15.2. The van der Waals surface area contributed by atoms with Crippen LogP contribution in [0.25, 0.3) is 64.8 Å². The van der Waals surface area contributed by atoms with Crippen molar-refractivity contribution in [3.8, 4) is 33.9 Å². The van der Waals surface area contributed by atoms with Crippen LogP contribution in [0.15, 0.2) is 133 Å². The Bertz CT molecular complexity index is 2300. The summed E-state index contributed by atoms with van der Waals surface area (Å²) in [7, 11) is 2.24. The highest BCUT2D eigenvalue weighted by Crippen LogP contribution is 2.60. The molecule has 8 aromatic rings. The number of aromatic nitrogens is 3. The lowest BCUT2D eigenvalue weighted by molar-refractivity contribution is 0.604. The molecular formula is C38H25N4S+. The first kappa shape index (κ1) is 24.4.